The molecule has 93 valence electrons. The first-order chi connectivity index (χ1) is 6.85. The molecule has 5 heteroatoms. The van der Waals surface area contributed by atoms with Crippen molar-refractivity contribution in [2.45, 2.75) is 13.8 Å². The summed E-state index contributed by atoms with van der Waals surface area (Å²) in [5, 5.41) is 0. The van der Waals surface area contributed by atoms with E-state index in [1.54, 1.807) is 0 Å². The van der Waals surface area contributed by atoms with Crippen molar-refractivity contribution in [3.8, 4) is 0 Å². The topological polar surface area (TPSA) is 13.0 Å². The first-order valence-corrected chi connectivity index (χ1v) is 11.3. The molecule has 0 spiro atoms. The Morgan fingerprint density at radius 2 is 0.933 bits per heavy atom. The molecule has 0 aromatic rings. The van der Waals surface area contributed by atoms with Crippen molar-refractivity contribution in [3.05, 3.63) is 0 Å². The van der Waals surface area contributed by atoms with E-state index in [4.69, 9.17) is 0 Å². The molecular formula is C10H28N4Ta. The summed E-state index contributed by atoms with van der Waals surface area (Å²) in [5.74, 6) is 0. The summed E-state index contributed by atoms with van der Waals surface area (Å²) in [6.45, 7) is 6.77. The molecule has 15 heavy (non-hydrogen) atoms. The molecule has 0 aliphatic rings. The van der Waals surface area contributed by atoms with Crippen molar-refractivity contribution in [3.63, 3.8) is 0 Å². The minimum atomic E-state index is -2.74. The quantitative estimate of drug-likeness (QED) is 0.672. The molecule has 0 heterocycles. The van der Waals surface area contributed by atoms with Gasteiger partial charge in [-0.25, -0.2) is 0 Å². The summed E-state index contributed by atoms with van der Waals surface area (Å²) >= 11 is -2.74. The van der Waals surface area contributed by atoms with Gasteiger partial charge in [0.25, 0.3) is 0 Å². The van der Waals surface area contributed by atoms with Crippen LogP contribution in [0.3, 0.4) is 0 Å². The van der Waals surface area contributed by atoms with Gasteiger partial charge >= 0.3 is 101 Å². The Labute approximate surface area is 101 Å². The summed E-state index contributed by atoms with van der Waals surface area (Å²) in [7, 11) is 13.3. The van der Waals surface area contributed by atoms with E-state index in [2.05, 4.69) is 69.3 Å². The summed E-state index contributed by atoms with van der Waals surface area (Å²) in [6, 6.07) is 0. The van der Waals surface area contributed by atoms with Crippen molar-refractivity contribution in [2.24, 2.45) is 0 Å². The zero-order valence-electron chi connectivity index (χ0n) is 11.7. The van der Waals surface area contributed by atoms with Crippen molar-refractivity contribution in [1.29, 1.82) is 0 Å². The molecule has 0 unspecified atom stereocenters. The van der Waals surface area contributed by atoms with Gasteiger partial charge in [-0.2, -0.15) is 0 Å². The van der Waals surface area contributed by atoms with Crippen LogP contribution in [-0.4, -0.2) is 68.6 Å². The first-order valence-electron chi connectivity index (χ1n) is 5.53. The molecule has 0 saturated carbocycles. The van der Waals surface area contributed by atoms with Crippen LogP contribution in [0.4, 0.5) is 0 Å². The number of hydrogen-bond donors (Lipinski definition) is 0. The van der Waals surface area contributed by atoms with E-state index < -0.39 is 18.2 Å². The van der Waals surface area contributed by atoms with Gasteiger partial charge in [0.15, 0.2) is 0 Å². The summed E-state index contributed by atoms with van der Waals surface area (Å²) < 4.78 is 10.0. The summed E-state index contributed by atoms with van der Waals surface area (Å²) in [5.41, 5.74) is 0. The van der Waals surface area contributed by atoms with Gasteiger partial charge in [0.1, 0.15) is 0 Å². The van der Waals surface area contributed by atoms with Gasteiger partial charge in [-0.1, -0.05) is 0 Å². The van der Waals surface area contributed by atoms with Crippen LogP contribution in [0, 0.1) is 0 Å². The van der Waals surface area contributed by atoms with Gasteiger partial charge in [-0.05, 0) is 0 Å². The fourth-order valence-electron chi connectivity index (χ4n) is 2.44. The number of hydrogen-bond acceptors (Lipinski definition) is 4. The number of nitrogens with zero attached hydrogens (tertiary/aromatic N) is 4. The van der Waals surface area contributed by atoms with E-state index in [-0.39, 0.29) is 0 Å². The molecule has 0 aliphatic heterocycles. The van der Waals surface area contributed by atoms with Crippen molar-refractivity contribution >= 4 is 0 Å². The van der Waals surface area contributed by atoms with Crippen LogP contribution in [0.5, 0.6) is 0 Å². The maximum atomic E-state index is 2.65. The van der Waals surface area contributed by atoms with E-state index in [0.717, 1.165) is 13.1 Å². The van der Waals surface area contributed by atoms with Crippen LogP contribution in [-0.2, 0) is 18.2 Å². The van der Waals surface area contributed by atoms with E-state index in [1.165, 1.54) is 0 Å². The van der Waals surface area contributed by atoms with Crippen molar-refractivity contribution in [2.75, 3.05) is 55.4 Å². The monoisotopic (exact) mass is 385 g/mol. The third-order valence-electron chi connectivity index (χ3n) is 2.72. The van der Waals surface area contributed by atoms with Crippen molar-refractivity contribution in [1.82, 2.24) is 13.2 Å². The van der Waals surface area contributed by atoms with Crippen LogP contribution in [0.25, 0.3) is 0 Å². The Hall–Kier alpha value is 0.580. The molecule has 0 aromatic carbocycles. The molecule has 0 aromatic heterocycles. The fourth-order valence-corrected chi connectivity index (χ4v) is 18.3. The molecular weight excluding hydrogens is 357 g/mol. The van der Waals surface area contributed by atoms with Crippen LogP contribution in [0.15, 0.2) is 0 Å². The van der Waals surface area contributed by atoms with Gasteiger partial charge in [0.2, 0.25) is 0 Å². The predicted octanol–water partition coefficient (Wildman–Crippen LogP) is 0.827. The minimum absolute atomic E-state index is 1.13. The van der Waals surface area contributed by atoms with Crippen LogP contribution in [0.2, 0.25) is 0 Å². The standard InChI is InChI=1S/C4H10N.3C2H6N.Ta/c1-3-5-4-2;3*1-3-2;/h3-4H2,1-2H3;3*1-2H3;/q4*-1;+4. The molecule has 0 rings (SSSR count). The average Bonchev–Trinajstić information content (AvgIpc) is 2.11. The molecule has 0 radical (unpaired) electrons. The van der Waals surface area contributed by atoms with Gasteiger partial charge < -0.3 is 0 Å². The van der Waals surface area contributed by atoms with Crippen LogP contribution >= 0.6 is 0 Å². The molecule has 0 saturated heterocycles. The van der Waals surface area contributed by atoms with Crippen LogP contribution in [0.1, 0.15) is 13.8 Å². The first kappa shape index (κ1) is 15.6. The summed E-state index contributed by atoms with van der Waals surface area (Å²) in [6.07, 6.45) is 0. The van der Waals surface area contributed by atoms with Gasteiger partial charge in [0, 0.05) is 0 Å². The molecule has 0 fully saturated rings. The van der Waals surface area contributed by atoms with E-state index in [0.29, 0.717) is 0 Å². The molecule has 0 amide bonds. The van der Waals surface area contributed by atoms with E-state index >= 15 is 0 Å². The fraction of sp³-hybridized carbons (Fsp3) is 1.00. The Bertz CT molecular complexity index is 156. The average molecular weight is 385 g/mol. The van der Waals surface area contributed by atoms with Gasteiger partial charge in [-0.3, -0.25) is 0 Å². The zero-order valence-corrected chi connectivity index (χ0v) is 14.9. The Balaban J connectivity index is 5.29. The Kier molecular flexibility index (Phi) is 6.59. The van der Waals surface area contributed by atoms with Crippen LogP contribution < -0.4 is 0 Å². The predicted molar refractivity (Wildman–Crippen MR) is 64.0 cm³/mol. The molecule has 4 nitrogen and oxygen atoms in total. The maximum absolute atomic E-state index is 2.74. The normalized spacial score (nSPS) is 13.6. The number of rotatable bonds is 6. The second kappa shape index (κ2) is 6.35. The van der Waals surface area contributed by atoms with Gasteiger partial charge in [-0.15, -0.1) is 0 Å². The van der Waals surface area contributed by atoms with Crippen molar-refractivity contribution < 1.29 is 18.2 Å². The molecule has 0 bridgehead atoms. The van der Waals surface area contributed by atoms with Gasteiger partial charge in [0.05, 0.1) is 0 Å². The summed E-state index contributed by atoms with van der Waals surface area (Å²) in [4.78, 5) is 0. The molecule has 0 N–H and O–H groups in total. The third-order valence-corrected chi connectivity index (χ3v) is 19.0. The third kappa shape index (κ3) is 2.82. The van der Waals surface area contributed by atoms with E-state index in [1.807, 2.05) is 0 Å². The SMILES string of the molecule is CC[N](CC)[Ta]([N](C)C)([N](C)C)[N](C)C. The second-order valence-corrected chi connectivity index (χ2v) is 18.7. The van der Waals surface area contributed by atoms with E-state index in [9.17, 15) is 0 Å². The molecule has 0 aliphatic carbocycles. The Morgan fingerprint density at radius 3 is 1.00 bits per heavy atom. The zero-order chi connectivity index (χ0) is 12.2. The molecule has 0 atom stereocenters. The Morgan fingerprint density at radius 1 is 0.667 bits per heavy atom. The second-order valence-electron chi connectivity index (χ2n) is 4.22.